The number of fused-ring (bicyclic) bond motifs is 1. The molecule has 3 aliphatic rings. The number of amides is 2. The summed E-state index contributed by atoms with van der Waals surface area (Å²) >= 11 is 2.93. The molecule has 2 atom stereocenters. The molecule has 1 saturated carbocycles. The van der Waals surface area contributed by atoms with E-state index in [1.54, 1.807) is 13.0 Å². The van der Waals surface area contributed by atoms with Crippen LogP contribution in [0.5, 0.6) is 5.75 Å². The lowest BCUT2D eigenvalue weighted by molar-refractivity contribution is -0.681. The summed E-state index contributed by atoms with van der Waals surface area (Å²) in [5.41, 5.74) is 5.43. The van der Waals surface area contributed by atoms with E-state index in [1.165, 1.54) is 25.3 Å². The average molecular weight is 679 g/mol. The molecule has 1 aliphatic heterocycles. The number of ether oxygens (including phenoxy) is 2. The first kappa shape index (κ1) is 31.4. The number of rotatable bonds is 10. The summed E-state index contributed by atoms with van der Waals surface area (Å²) in [6.07, 6.45) is 5.39. The van der Waals surface area contributed by atoms with Crippen molar-refractivity contribution in [2.75, 3.05) is 20.3 Å². The number of carbonyl (C=O) groups excluding carboxylic acids is 2. The van der Waals surface area contributed by atoms with Gasteiger partial charge in [0.05, 0.1) is 17.2 Å². The van der Waals surface area contributed by atoms with E-state index >= 15 is 4.39 Å². The van der Waals surface area contributed by atoms with E-state index in [9.17, 15) is 22.8 Å². The summed E-state index contributed by atoms with van der Waals surface area (Å²) in [6.45, 7) is -1.14. The van der Waals surface area contributed by atoms with Gasteiger partial charge < -0.3 is 20.5 Å². The Morgan fingerprint density at radius 3 is 2.68 bits per heavy atom. The zero-order valence-corrected chi connectivity index (χ0v) is 25.2. The summed E-state index contributed by atoms with van der Waals surface area (Å²) in [5, 5.41) is 11.6. The number of carbonyl (C=O) groups is 2. The number of pyridine rings is 1. The lowest BCUT2D eigenvalue weighted by Gasteiger charge is -2.23. The highest BCUT2D eigenvalue weighted by Crippen LogP contribution is 2.49. The molecule has 0 unspecified atom stereocenters. The molecule has 1 aromatic heterocycles. The third-order valence-corrected chi connectivity index (χ3v) is 8.74. The van der Waals surface area contributed by atoms with Gasteiger partial charge in [0.25, 0.3) is 5.91 Å². The van der Waals surface area contributed by atoms with Crippen molar-refractivity contribution in [1.29, 1.82) is 5.41 Å². The van der Waals surface area contributed by atoms with Gasteiger partial charge in [0.2, 0.25) is 5.91 Å². The second-order valence-corrected chi connectivity index (χ2v) is 11.8. The van der Waals surface area contributed by atoms with E-state index in [4.69, 9.17) is 25.6 Å². The van der Waals surface area contributed by atoms with Crippen molar-refractivity contribution in [3.05, 3.63) is 80.8 Å². The van der Waals surface area contributed by atoms with Gasteiger partial charge in [0.15, 0.2) is 0 Å². The normalized spacial score (nSPS) is 21.0. The molecule has 44 heavy (non-hydrogen) atoms. The number of allylic oxidation sites excluding steroid dienone is 2. The van der Waals surface area contributed by atoms with Crippen LogP contribution >= 0.6 is 15.9 Å². The molecule has 0 bridgehead atoms. The molecule has 232 valence electrons. The van der Waals surface area contributed by atoms with E-state index in [2.05, 4.69) is 21.2 Å². The minimum absolute atomic E-state index is 0.0356. The minimum atomic E-state index is -2.74. The van der Waals surface area contributed by atoms with Crippen molar-refractivity contribution >= 4 is 33.5 Å². The van der Waals surface area contributed by atoms with E-state index in [0.29, 0.717) is 16.6 Å². The lowest BCUT2D eigenvalue weighted by atomic mass is 9.82. The zero-order chi connectivity index (χ0) is 31.9. The van der Waals surface area contributed by atoms with Crippen LogP contribution in [-0.4, -0.2) is 49.3 Å². The number of hydrogen-bond acceptors (Lipinski definition) is 6. The summed E-state index contributed by atoms with van der Waals surface area (Å²) in [7, 11) is 1.31. The van der Waals surface area contributed by atoms with Crippen LogP contribution in [-0.2, 0) is 19.7 Å². The molecule has 2 amide bonds. The molecule has 6 N–H and O–H groups in total. The largest absolute Gasteiger partial charge is 0.494 e. The van der Waals surface area contributed by atoms with Gasteiger partial charge in [-0.15, -0.1) is 0 Å². The third-order valence-electron chi connectivity index (χ3n) is 8.02. The van der Waals surface area contributed by atoms with Gasteiger partial charge in [-0.05, 0) is 72.0 Å². The number of benzene rings is 1. The molecule has 0 spiro atoms. The highest BCUT2D eigenvalue weighted by Gasteiger charge is 2.45. The van der Waals surface area contributed by atoms with Gasteiger partial charge in [-0.1, -0.05) is 0 Å². The summed E-state index contributed by atoms with van der Waals surface area (Å²) in [6, 6.07) is 4.01. The van der Waals surface area contributed by atoms with Gasteiger partial charge in [-0.3, -0.25) is 20.3 Å². The topological polar surface area (TPSA) is 144 Å². The van der Waals surface area contributed by atoms with Gasteiger partial charge in [0.1, 0.15) is 52.8 Å². The zero-order valence-electron chi connectivity index (χ0n) is 23.6. The van der Waals surface area contributed by atoms with E-state index in [1.807, 2.05) is 0 Å². The fraction of sp³-hybridized carbons (Fsp3) is 0.333. The number of nitrogens with zero attached hydrogens (tertiary/aromatic N) is 1. The Bertz CT molecular complexity index is 1660. The Morgan fingerprint density at radius 1 is 1.32 bits per heavy atom. The number of hydrogen-bond donors (Lipinski definition) is 4. The molecular formula is C30H29BrF4N5O4+. The smallest absolute Gasteiger partial charge is 0.382 e. The van der Waals surface area contributed by atoms with E-state index in [0.717, 1.165) is 25.1 Å². The quantitative estimate of drug-likeness (QED) is 0.172. The Hall–Kier alpha value is -4.04. The first-order chi connectivity index (χ1) is 20.8. The second kappa shape index (κ2) is 12.2. The first-order valence-electron chi connectivity index (χ1n) is 13.7. The molecule has 1 fully saturated rings. The number of methoxy groups -OCH3 is 1. The van der Waals surface area contributed by atoms with Crippen molar-refractivity contribution in [1.82, 2.24) is 10.3 Å². The van der Waals surface area contributed by atoms with Crippen molar-refractivity contribution < 1.29 is 41.9 Å². The number of quaternary nitrogens is 1. The number of halogens is 5. The molecule has 14 heteroatoms. The lowest BCUT2D eigenvalue weighted by Crippen LogP contribution is -2.82. The Morgan fingerprint density at radius 2 is 2.05 bits per heavy atom. The number of nitrogens with one attached hydrogen (secondary N) is 2. The highest BCUT2D eigenvalue weighted by molar-refractivity contribution is 9.10. The van der Waals surface area contributed by atoms with Crippen LogP contribution in [0.3, 0.4) is 0 Å². The van der Waals surface area contributed by atoms with Gasteiger partial charge in [-0.25, -0.2) is 13.8 Å². The van der Waals surface area contributed by atoms with Crippen LogP contribution in [0.4, 0.5) is 17.6 Å². The first-order valence-corrected chi connectivity index (χ1v) is 14.4. The molecule has 0 radical (unpaired) electrons. The van der Waals surface area contributed by atoms with Crippen LogP contribution in [0.15, 0.2) is 57.9 Å². The summed E-state index contributed by atoms with van der Waals surface area (Å²) in [5.74, 6) is -2.96. The Kier molecular flexibility index (Phi) is 8.67. The molecule has 2 aliphatic carbocycles. The number of nitrogens with two attached hydrogens (primary N) is 2. The van der Waals surface area contributed by atoms with E-state index < -0.39 is 35.4 Å². The van der Waals surface area contributed by atoms with Crippen molar-refractivity contribution in [2.24, 2.45) is 11.7 Å². The maximum absolute atomic E-state index is 15.3. The SMILES string of the molecule is COC1=CC(C(=O)NC[C@H](c2cc3c(c(-c4ccc(F)c(Br)c4F)n2)OC[C@]3(C)C(N)=O)C2CC2)=C/C(=C/[NH2+]C(F)F)C1=N. The van der Waals surface area contributed by atoms with Crippen LogP contribution < -0.4 is 21.1 Å². The number of aromatic nitrogens is 1. The van der Waals surface area contributed by atoms with Crippen LogP contribution in [0.2, 0.25) is 0 Å². The Labute approximate surface area is 258 Å². The maximum atomic E-state index is 15.3. The second-order valence-electron chi connectivity index (χ2n) is 11.0. The van der Waals surface area contributed by atoms with Crippen molar-refractivity contribution in [3.63, 3.8) is 0 Å². The molecule has 1 aromatic carbocycles. The molecule has 5 rings (SSSR count). The van der Waals surface area contributed by atoms with Crippen molar-refractivity contribution in [2.45, 2.75) is 37.6 Å². The molecule has 0 saturated heterocycles. The predicted molar refractivity (Wildman–Crippen MR) is 155 cm³/mol. The average Bonchev–Trinajstić information content (AvgIpc) is 3.77. The minimum Gasteiger partial charge on any atom is -0.494 e. The summed E-state index contributed by atoms with van der Waals surface area (Å²) < 4.78 is 65.6. The van der Waals surface area contributed by atoms with Gasteiger partial charge in [-0.2, -0.15) is 8.78 Å². The molecule has 2 heterocycles. The summed E-state index contributed by atoms with van der Waals surface area (Å²) in [4.78, 5) is 30.6. The van der Waals surface area contributed by atoms with E-state index in [-0.39, 0.29) is 69.1 Å². The number of alkyl halides is 2. The van der Waals surface area contributed by atoms with Crippen LogP contribution in [0, 0.1) is 23.0 Å². The Balaban J connectivity index is 1.51. The predicted octanol–water partition coefficient (Wildman–Crippen LogP) is 3.69. The monoisotopic (exact) mass is 678 g/mol. The fourth-order valence-corrected chi connectivity index (χ4v) is 5.59. The fourth-order valence-electron chi connectivity index (χ4n) is 5.24. The molecular weight excluding hydrogens is 650 g/mol. The van der Waals surface area contributed by atoms with Crippen molar-refractivity contribution in [3.8, 4) is 17.0 Å². The molecule has 2 aromatic rings. The van der Waals surface area contributed by atoms with Crippen LogP contribution in [0.25, 0.3) is 11.3 Å². The third kappa shape index (κ3) is 5.87. The highest BCUT2D eigenvalue weighted by atomic mass is 79.9. The van der Waals surface area contributed by atoms with Gasteiger partial charge >= 0.3 is 6.55 Å². The molecule has 9 nitrogen and oxygen atoms in total. The van der Waals surface area contributed by atoms with Gasteiger partial charge in [0, 0.05) is 34.9 Å². The number of primary amides is 1. The van der Waals surface area contributed by atoms with Crippen LogP contribution in [0.1, 0.15) is 36.9 Å². The standard InChI is InChI=1S/C30H28BrF4N5O4/c1-30(28(37)42)12-44-26-18(30)9-20(40-25(26)16-5-6-19(32)22(31)23(16)33)17(13-3-4-13)11-38-27(41)14-7-15(10-39-29(34)35)24(36)21(8-14)43-2/h5-10,13,17,29,36,39H,3-4,11-12H2,1-2H3,(H2,37,42)(H,38,41)/p+1/b15-10-,36-24?/t17-,30-/m0/s1. The maximum Gasteiger partial charge on any atom is 0.382 e.